The Morgan fingerprint density at radius 1 is 1.08 bits per heavy atom. The highest BCUT2D eigenvalue weighted by Gasteiger charge is 2.26. The van der Waals surface area contributed by atoms with E-state index in [1.54, 1.807) is 36.3 Å². The molecule has 138 valence electrons. The lowest BCUT2D eigenvalue weighted by atomic mass is 9.96. The SMILES string of the molecule is Cn1ncc(CN2CCC(Cn3cnc(C4CC4)cc3=O)CC2)cc1=O. The molecule has 0 unspecified atom stereocenters. The average molecular weight is 355 g/mol. The first-order valence-electron chi connectivity index (χ1n) is 9.39. The van der Waals surface area contributed by atoms with Gasteiger partial charge in [-0.3, -0.25) is 19.1 Å². The van der Waals surface area contributed by atoms with E-state index in [1.165, 1.54) is 4.68 Å². The summed E-state index contributed by atoms with van der Waals surface area (Å²) in [5.74, 6) is 1.02. The molecule has 1 aliphatic heterocycles. The average Bonchev–Trinajstić information content (AvgIpc) is 3.47. The smallest absolute Gasteiger partial charge is 0.266 e. The summed E-state index contributed by atoms with van der Waals surface area (Å²) in [5.41, 5.74) is 1.93. The molecule has 0 aromatic carbocycles. The normalized spacial score (nSPS) is 19.0. The molecule has 0 amide bonds. The maximum absolute atomic E-state index is 12.3. The number of piperidine rings is 1. The fraction of sp³-hybridized carbons (Fsp3) is 0.579. The number of hydrogen-bond acceptors (Lipinski definition) is 5. The molecule has 2 aromatic rings. The fourth-order valence-electron chi connectivity index (χ4n) is 3.64. The Bertz CT molecular complexity index is 891. The van der Waals surface area contributed by atoms with Crippen LogP contribution in [0.5, 0.6) is 0 Å². The molecule has 0 spiro atoms. The molecule has 0 bridgehead atoms. The van der Waals surface area contributed by atoms with Crippen LogP contribution in [-0.2, 0) is 20.1 Å². The molecule has 2 aliphatic rings. The third-order valence-corrected chi connectivity index (χ3v) is 5.49. The molecule has 26 heavy (non-hydrogen) atoms. The van der Waals surface area contributed by atoms with Gasteiger partial charge < -0.3 is 0 Å². The molecule has 2 aromatic heterocycles. The third kappa shape index (κ3) is 3.93. The molecule has 1 saturated heterocycles. The van der Waals surface area contributed by atoms with Crippen molar-refractivity contribution in [2.75, 3.05) is 13.1 Å². The fourth-order valence-corrected chi connectivity index (χ4v) is 3.64. The number of aromatic nitrogens is 4. The van der Waals surface area contributed by atoms with Crippen LogP contribution < -0.4 is 11.1 Å². The van der Waals surface area contributed by atoms with Gasteiger partial charge in [0, 0.05) is 38.2 Å². The summed E-state index contributed by atoms with van der Waals surface area (Å²) in [6, 6.07) is 3.38. The van der Waals surface area contributed by atoms with Gasteiger partial charge in [0.15, 0.2) is 0 Å². The van der Waals surface area contributed by atoms with Crippen LogP contribution in [0.25, 0.3) is 0 Å². The Labute approximate surface area is 152 Å². The summed E-state index contributed by atoms with van der Waals surface area (Å²) in [7, 11) is 1.66. The first-order valence-corrected chi connectivity index (χ1v) is 9.39. The Kier molecular flexibility index (Phi) is 4.72. The van der Waals surface area contributed by atoms with Crippen LogP contribution in [0.2, 0.25) is 0 Å². The first kappa shape index (κ1) is 17.1. The maximum Gasteiger partial charge on any atom is 0.266 e. The number of likely N-dealkylation sites (tertiary alicyclic amines) is 1. The van der Waals surface area contributed by atoms with E-state index in [0.717, 1.165) is 63.1 Å². The second-order valence-corrected chi connectivity index (χ2v) is 7.62. The van der Waals surface area contributed by atoms with Crippen molar-refractivity contribution in [3.05, 3.63) is 56.6 Å². The van der Waals surface area contributed by atoms with Crippen molar-refractivity contribution in [2.24, 2.45) is 13.0 Å². The molecule has 2 fully saturated rings. The molecule has 0 N–H and O–H groups in total. The van der Waals surface area contributed by atoms with E-state index in [-0.39, 0.29) is 11.1 Å². The monoisotopic (exact) mass is 355 g/mol. The minimum atomic E-state index is -0.0705. The van der Waals surface area contributed by atoms with E-state index in [1.807, 2.05) is 0 Å². The summed E-state index contributed by atoms with van der Waals surface area (Å²) in [4.78, 5) is 30.8. The van der Waals surface area contributed by atoms with Crippen molar-refractivity contribution in [1.29, 1.82) is 0 Å². The highest BCUT2D eigenvalue weighted by molar-refractivity contribution is 5.12. The maximum atomic E-state index is 12.3. The summed E-state index contributed by atoms with van der Waals surface area (Å²) in [6.45, 7) is 3.45. The largest absolute Gasteiger partial charge is 0.299 e. The van der Waals surface area contributed by atoms with Crippen LogP contribution in [0, 0.1) is 5.92 Å². The molecule has 3 heterocycles. The molecule has 1 aliphatic carbocycles. The Morgan fingerprint density at radius 2 is 1.85 bits per heavy atom. The van der Waals surface area contributed by atoms with Crippen molar-refractivity contribution in [3.63, 3.8) is 0 Å². The van der Waals surface area contributed by atoms with E-state index in [9.17, 15) is 9.59 Å². The molecule has 0 atom stereocenters. The van der Waals surface area contributed by atoms with Crippen molar-refractivity contribution in [2.45, 2.75) is 44.7 Å². The zero-order valence-electron chi connectivity index (χ0n) is 15.2. The van der Waals surface area contributed by atoms with Crippen molar-refractivity contribution in [3.8, 4) is 0 Å². The lowest BCUT2D eigenvalue weighted by Crippen LogP contribution is -2.36. The predicted octanol–water partition coefficient (Wildman–Crippen LogP) is 1.13. The Morgan fingerprint density at radius 3 is 2.50 bits per heavy atom. The molecule has 1 saturated carbocycles. The molecular weight excluding hydrogens is 330 g/mol. The van der Waals surface area contributed by atoms with Crippen molar-refractivity contribution < 1.29 is 0 Å². The summed E-state index contributed by atoms with van der Waals surface area (Å²) < 4.78 is 3.10. The zero-order chi connectivity index (χ0) is 18.1. The Balaban J connectivity index is 1.31. The van der Waals surface area contributed by atoms with Gasteiger partial charge in [0.05, 0.1) is 18.2 Å². The van der Waals surface area contributed by atoms with E-state index in [0.29, 0.717) is 11.8 Å². The topological polar surface area (TPSA) is 73.0 Å². The minimum Gasteiger partial charge on any atom is -0.299 e. The summed E-state index contributed by atoms with van der Waals surface area (Å²) in [6.07, 6.45) is 7.92. The van der Waals surface area contributed by atoms with Gasteiger partial charge in [0.2, 0.25) is 0 Å². The minimum absolute atomic E-state index is 0.0705. The van der Waals surface area contributed by atoms with Gasteiger partial charge in [-0.25, -0.2) is 9.67 Å². The van der Waals surface area contributed by atoms with Gasteiger partial charge in [-0.2, -0.15) is 5.10 Å². The van der Waals surface area contributed by atoms with Gasteiger partial charge in [-0.1, -0.05) is 0 Å². The van der Waals surface area contributed by atoms with Gasteiger partial charge in [0.1, 0.15) is 0 Å². The van der Waals surface area contributed by atoms with Gasteiger partial charge >= 0.3 is 0 Å². The first-order chi connectivity index (χ1) is 12.6. The van der Waals surface area contributed by atoms with E-state index >= 15 is 0 Å². The van der Waals surface area contributed by atoms with Crippen molar-refractivity contribution in [1.82, 2.24) is 24.2 Å². The molecule has 7 heteroatoms. The van der Waals surface area contributed by atoms with Gasteiger partial charge in [-0.05, 0) is 50.3 Å². The zero-order valence-corrected chi connectivity index (χ0v) is 15.2. The predicted molar refractivity (Wildman–Crippen MR) is 98.0 cm³/mol. The lowest BCUT2D eigenvalue weighted by molar-refractivity contribution is 0.166. The third-order valence-electron chi connectivity index (χ3n) is 5.49. The summed E-state index contributed by atoms with van der Waals surface area (Å²) >= 11 is 0. The van der Waals surface area contributed by atoms with E-state index < -0.39 is 0 Å². The second kappa shape index (κ2) is 7.15. The number of nitrogens with zero attached hydrogens (tertiary/aromatic N) is 5. The highest BCUT2D eigenvalue weighted by atomic mass is 16.1. The highest BCUT2D eigenvalue weighted by Crippen LogP contribution is 2.38. The van der Waals surface area contributed by atoms with Crippen LogP contribution >= 0.6 is 0 Å². The van der Waals surface area contributed by atoms with Gasteiger partial charge in [0.25, 0.3) is 11.1 Å². The molecule has 4 rings (SSSR count). The van der Waals surface area contributed by atoms with Crippen molar-refractivity contribution >= 4 is 0 Å². The molecule has 0 radical (unpaired) electrons. The second-order valence-electron chi connectivity index (χ2n) is 7.62. The quantitative estimate of drug-likeness (QED) is 0.804. The Hall–Kier alpha value is -2.28. The number of hydrogen-bond donors (Lipinski definition) is 0. The molecular formula is C19H25N5O2. The molecule has 7 nitrogen and oxygen atoms in total. The lowest BCUT2D eigenvalue weighted by Gasteiger charge is -2.32. The van der Waals surface area contributed by atoms with Crippen LogP contribution in [0.3, 0.4) is 0 Å². The van der Waals surface area contributed by atoms with E-state index in [2.05, 4.69) is 15.0 Å². The van der Waals surface area contributed by atoms with Crippen LogP contribution in [0.1, 0.15) is 42.9 Å². The number of rotatable bonds is 5. The number of aryl methyl sites for hydroxylation is 1. The standard InChI is InChI=1S/C19H25N5O2/c1-22-18(25)8-15(10-21-22)11-23-6-4-14(5-7-23)12-24-13-20-17(9-19(24)26)16-2-3-16/h8-10,13-14,16H,2-7,11-12H2,1H3. The van der Waals surface area contributed by atoms with Crippen LogP contribution in [-0.4, -0.2) is 37.3 Å². The van der Waals surface area contributed by atoms with Crippen LogP contribution in [0.4, 0.5) is 0 Å². The van der Waals surface area contributed by atoms with Gasteiger partial charge in [-0.15, -0.1) is 0 Å². The van der Waals surface area contributed by atoms with E-state index in [4.69, 9.17) is 0 Å². The summed E-state index contributed by atoms with van der Waals surface area (Å²) in [5, 5.41) is 4.08. The van der Waals surface area contributed by atoms with Crippen LogP contribution in [0.15, 0.2) is 34.2 Å².